The Hall–Kier alpha value is -1.79. The molecule has 0 spiro atoms. The van der Waals surface area contributed by atoms with Crippen molar-refractivity contribution in [1.29, 1.82) is 0 Å². The fourth-order valence-electron chi connectivity index (χ4n) is 2.47. The fraction of sp³-hybridized carbons (Fsp3) is 0.357. The molecule has 0 bridgehead atoms. The topological polar surface area (TPSA) is 54.3 Å². The van der Waals surface area contributed by atoms with Gasteiger partial charge in [-0.15, -0.1) is 0 Å². The molecule has 0 unspecified atom stereocenters. The van der Waals surface area contributed by atoms with Crippen LogP contribution in [0.4, 0.5) is 5.95 Å². The van der Waals surface area contributed by atoms with Gasteiger partial charge < -0.3 is 14.4 Å². The Morgan fingerprint density at radius 3 is 2.32 bits per heavy atom. The molecule has 8 heteroatoms. The van der Waals surface area contributed by atoms with E-state index in [9.17, 15) is 4.79 Å². The Balaban J connectivity index is 1.68. The van der Waals surface area contributed by atoms with Crippen molar-refractivity contribution in [3.63, 3.8) is 0 Å². The number of anilines is 1. The van der Waals surface area contributed by atoms with E-state index >= 15 is 0 Å². The zero-order valence-corrected chi connectivity index (χ0v) is 13.5. The number of carbonyl (C=O) groups is 1. The van der Waals surface area contributed by atoms with E-state index in [0.29, 0.717) is 48.0 Å². The molecular weight excluding hydrogens is 325 g/mol. The Bertz CT molecular complexity index is 680. The Morgan fingerprint density at radius 1 is 1.14 bits per heavy atom. The normalized spacial score (nSPS) is 15.2. The highest BCUT2D eigenvalue weighted by atomic mass is 35.5. The number of carbonyl (C=O) groups excluding carboxylic acids is 1. The van der Waals surface area contributed by atoms with E-state index in [1.807, 2.05) is 0 Å². The number of amides is 1. The molecule has 1 saturated heterocycles. The van der Waals surface area contributed by atoms with E-state index in [0.717, 1.165) is 0 Å². The van der Waals surface area contributed by atoms with Gasteiger partial charge in [-0.25, -0.2) is 9.97 Å². The van der Waals surface area contributed by atoms with E-state index in [1.165, 1.54) is 0 Å². The third kappa shape index (κ3) is 2.76. The second-order valence-corrected chi connectivity index (χ2v) is 5.82. The molecule has 0 aromatic carbocycles. The van der Waals surface area contributed by atoms with Crippen LogP contribution >= 0.6 is 23.2 Å². The molecule has 1 aliphatic heterocycles. The average Bonchev–Trinajstić information content (AvgIpc) is 2.83. The van der Waals surface area contributed by atoms with Gasteiger partial charge in [0.05, 0.1) is 5.02 Å². The van der Waals surface area contributed by atoms with Gasteiger partial charge in [-0.1, -0.05) is 23.2 Å². The highest BCUT2D eigenvalue weighted by molar-refractivity contribution is 6.41. The van der Waals surface area contributed by atoms with Crippen LogP contribution in [0.1, 0.15) is 10.5 Å². The summed E-state index contributed by atoms with van der Waals surface area (Å²) in [6.45, 7) is 2.61. The van der Waals surface area contributed by atoms with Gasteiger partial charge in [-0.2, -0.15) is 0 Å². The maximum atomic E-state index is 12.6. The first-order chi connectivity index (χ1) is 10.6. The number of aromatic nitrogens is 3. The minimum Gasteiger partial charge on any atom is -0.337 e. The van der Waals surface area contributed by atoms with E-state index < -0.39 is 0 Å². The molecule has 116 valence electrons. The molecule has 0 N–H and O–H groups in total. The van der Waals surface area contributed by atoms with Crippen LogP contribution in [0.3, 0.4) is 0 Å². The summed E-state index contributed by atoms with van der Waals surface area (Å²) in [5.74, 6) is 0.629. The molecule has 22 heavy (non-hydrogen) atoms. The van der Waals surface area contributed by atoms with Crippen LogP contribution in [0.2, 0.25) is 10.2 Å². The smallest absolute Gasteiger partial charge is 0.270 e. The Morgan fingerprint density at radius 2 is 1.77 bits per heavy atom. The van der Waals surface area contributed by atoms with Crippen molar-refractivity contribution in [3.05, 3.63) is 40.4 Å². The number of rotatable bonds is 2. The van der Waals surface area contributed by atoms with Crippen molar-refractivity contribution in [2.24, 2.45) is 7.05 Å². The molecule has 1 amide bonds. The summed E-state index contributed by atoms with van der Waals surface area (Å²) in [6, 6.07) is 3.39. The van der Waals surface area contributed by atoms with Gasteiger partial charge in [0.15, 0.2) is 0 Å². The molecule has 1 aliphatic rings. The molecule has 2 aromatic heterocycles. The number of nitrogens with zero attached hydrogens (tertiary/aromatic N) is 5. The third-order valence-corrected chi connectivity index (χ3v) is 4.58. The molecule has 0 radical (unpaired) electrons. The quantitative estimate of drug-likeness (QED) is 0.840. The van der Waals surface area contributed by atoms with Gasteiger partial charge in [-0.05, 0) is 12.1 Å². The molecule has 0 saturated carbocycles. The fourth-order valence-corrected chi connectivity index (χ4v) is 2.85. The van der Waals surface area contributed by atoms with E-state index in [4.69, 9.17) is 23.2 Å². The lowest BCUT2D eigenvalue weighted by molar-refractivity contribution is 0.0736. The molecule has 2 aromatic rings. The van der Waals surface area contributed by atoms with Crippen LogP contribution in [0.5, 0.6) is 0 Å². The van der Waals surface area contributed by atoms with Crippen LogP contribution < -0.4 is 4.90 Å². The van der Waals surface area contributed by atoms with Gasteiger partial charge in [0.25, 0.3) is 5.91 Å². The predicted molar refractivity (Wildman–Crippen MR) is 85.6 cm³/mol. The number of piperazine rings is 1. The van der Waals surface area contributed by atoms with Crippen LogP contribution in [-0.2, 0) is 7.05 Å². The Labute approximate surface area is 138 Å². The first-order valence-corrected chi connectivity index (χ1v) is 7.65. The molecule has 3 heterocycles. The number of hydrogen-bond donors (Lipinski definition) is 0. The van der Waals surface area contributed by atoms with Crippen molar-refractivity contribution in [2.45, 2.75) is 0 Å². The van der Waals surface area contributed by atoms with Gasteiger partial charge in [0, 0.05) is 45.6 Å². The summed E-state index contributed by atoms with van der Waals surface area (Å²) in [7, 11) is 1.73. The molecule has 1 fully saturated rings. The largest absolute Gasteiger partial charge is 0.337 e. The van der Waals surface area contributed by atoms with Crippen molar-refractivity contribution >= 4 is 35.1 Å². The summed E-state index contributed by atoms with van der Waals surface area (Å²) in [4.78, 5) is 24.9. The first kappa shape index (κ1) is 15.1. The van der Waals surface area contributed by atoms with Gasteiger partial charge >= 0.3 is 0 Å². The van der Waals surface area contributed by atoms with Crippen LogP contribution in [0.15, 0.2) is 24.5 Å². The van der Waals surface area contributed by atoms with Gasteiger partial charge in [0.1, 0.15) is 10.8 Å². The average molecular weight is 340 g/mol. The maximum absolute atomic E-state index is 12.6. The van der Waals surface area contributed by atoms with Crippen LogP contribution in [0, 0.1) is 0 Å². The lowest BCUT2D eigenvalue weighted by atomic mass is 10.3. The molecule has 0 atom stereocenters. The predicted octanol–water partition coefficient (Wildman–Crippen LogP) is 2.08. The standard InChI is InChI=1S/C14H15Cl2N5O/c1-19-11(9-10(15)12(19)16)13(22)20-5-7-21(8-6-20)14-17-3-2-4-18-14/h2-4,9H,5-8H2,1H3. The number of halogens is 2. The molecular formula is C14H15Cl2N5O. The SMILES string of the molecule is Cn1c(C(=O)N2CCN(c3ncccn3)CC2)cc(Cl)c1Cl. The van der Waals surface area contributed by atoms with E-state index in [-0.39, 0.29) is 5.91 Å². The molecule has 0 aliphatic carbocycles. The van der Waals surface area contributed by atoms with E-state index in [1.54, 1.807) is 41.0 Å². The van der Waals surface area contributed by atoms with Crippen molar-refractivity contribution in [1.82, 2.24) is 19.4 Å². The van der Waals surface area contributed by atoms with Crippen LogP contribution in [0.25, 0.3) is 0 Å². The monoisotopic (exact) mass is 339 g/mol. The molecule has 6 nitrogen and oxygen atoms in total. The highest BCUT2D eigenvalue weighted by Gasteiger charge is 2.26. The second-order valence-electron chi connectivity index (χ2n) is 5.06. The van der Waals surface area contributed by atoms with Crippen molar-refractivity contribution < 1.29 is 4.79 Å². The zero-order chi connectivity index (χ0) is 15.7. The van der Waals surface area contributed by atoms with Gasteiger partial charge in [0.2, 0.25) is 5.95 Å². The minimum absolute atomic E-state index is 0.0649. The summed E-state index contributed by atoms with van der Waals surface area (Å²) in [5, 5.41) is 0.769. The number of hydrogen-bond acceptors (Lipinski definition) is 4. The summed E-state index contributed by atoms with van der Waals surface area (Å²) < 4.78 is 1.61. The van der Waals surface area contributed by atoms with Crippen molar-refractivity contribution in [2.75, 3.05) is 31.1 Å². The highest BCUT2D eigenvalue weighted by Crippen LogP contribution is 2.26. The van der Waals surface area contributed by atoms with Crippen molar-refractivity contribution in [3.8, 4) is 0 Å². The van der Waals surface area contributed by atoms with Gasteiger partial charge in [-0.3, -0.25) is 4.79 Å². The lowest BCUT2D eigenvalue weighted by Gasteiger charge is -2.34. The van der Waals surface area contributed by atoms with E-state index in [2.05, 4.69) is 14.9 Å². The third-order valence-electron chi connectivity index (χ3n) is 3.74. The molecule has 3 rings (SSSR count). The Kier molecular flexibility index (Phi) is 4.22. The zero-order valence-electron chi connectivity index (χ0n) is 12.0. The minimum atomic E-state index is -0.0649. The first-order valence-electron chi connectivity index (χ1n) is 6.90. The second kappa shape index (κ2) is 6.14. The lowest BCUT2D eigenvalue weighted by Crippen LogP contribution is -2.49. The summed E-state index contributed by atoms with van der Waals surface area (Å²) >= 11 is 12.0. The summed E-state index contributed by atoms with van der Waals surface area (Å²) in [5.41, 5.74) is 0.499. The summed E-state index contributed by atoms with van der Waals surface area (Å²) in [6.07, 6.45) is 3.43. The van der Waals surface area contributed by atoms with Crippen LogP contribution in [-0.4, -0.2) is 51.5 Å². The maximum Gasteiger partial charge on any atom is 0.270 e.